The minimum absolute atomic E-state index is 0.0405. The van der Waals surface area contributed by atoms with Crippen molar-refractivity contribution in [1.29, 1.82) is 0 Å². The fourth-order valence-electron chi connectivity index (χ4n) is 2.77. The number of ether oxygens (including phenoxy) is 2. The van der Waals surface area contributed by atoms with Crippen LogP contribution in [0.4, 0.5) is 0 Å². The van der Waals surface area contributed by atoms with Crippen LogP contribution in [0, 0.1) is 0 Å². The van der Waals surface area contributed by atoms with Gasteiger partial charge in [-0.2, -0.15) is 0 Å². The monoisotopic (exact) mass is 262 g/mol. The van der Waals surface area contributed by atoms with Crippen molar-refractivity contribution in [1.82, 2.24) is 0 Å². The lowest BCUT2D eigenvalue weighted by molar-refractivity contribution is -0.00289. The van der Waals surface area contributed by atoms with Gasteiger partial charge >= 0.3 is 0 Å². The topological polar surface area (TPSA) is 35.5 Å². The summed E-state index contributed by atoms with van der Waals surface area (Å²) in [7, 11) is 1.61. The largest absolute Gasteiger partial charge is 0.493 e. The first-order valence-corrected chi connectivity index (χ1v) is 7.03. The van der Waals surface area contributed by atoms with Crippen molar-refractivity contribution in [3.8, 4) is 5.75 Å². The molecular weight excluding hydrogens is 240 g/mol. The van der Waals surface area contributed by atoms with Gasteiger partial charge in [-0.15, -0.1) is 0 Å². The molecule has 0 saturated carbocycles. The van der Waals surface area contributed by atoms with E-state index in [0.29, 0.717) is 25.0 Å². The van der Waals surface area contributed by atoms with Gasteiger partial charge in [0.15, 0.2) is 5.78 Å². The molecule has 0 fully saturated rings. The third-order valence-corrected chi connectivity index (χ3v) is 4.12. The molecule has 0 saturated heterocycles. The Morgan fingerprint density at radius 2 is 2.11 bits per heavy atom. The molecule has 0 radical (unpaired) electrons. The normalized spacial score (nSPS) is 14.7. The van der Waals surface area contributed by atoms with Crippen molar-refractivity contribution in [3.05, 3.63) is 29.3 Å². The molecule has 0 bridgehead atoms. The van der Waals surface area contributed by atoms with Crippen molar-refractivity contribution >= 4 is 5.78 Å². The predicted molar refractivity (Wildman–Crippen MR) is 74.9 cm³/mol. The summed E-state index contributed by atoms with van der Waals surface area (Å²) in [4.78, 5) is 12.8. The summed E-state index contributed by atoms with van der Waals surface area (Å²) < 4.78 is 11.3. The number of ketones is 1. The van der Waals surface area contributed by atoms with Crippen LogP contribution in [0.2, 0.25) is 0 Å². The van der Waals surface area contributed by atoms with Crippen LogP contribution < -0.4 is 4.74 Å². The molecule has 3 heteroatoms. The van der Waals surface area contributed by atoms with E-state index in [9.17, 15) is 4.79 Å². The van der Waals surface area contributed by atoms with Gasteiger partial charge in [0.2, 0.25) is 0 Å². The average molecular weight is 262 g/mol. The van der Waals surface area contributed by atoms with Gasteiger partial charge in [-0.1, -0.05) is 26.0 Å². The molecule has 3 nitrogen and oxygen atoms in total. The molecule has 0 aromatic heterocycles. The van der Waals surface area contributed by atoms with E-state index in [0.717, 1.165) is 24.2 Å². The molecule has 1 aromatic rings. The van der Waals surface area contributed by atoms with Crippen LogP contribution in [0.1, 0.15) is 49.0 Å². The molecular formula is C16H22O3. The van der Waals surface area contributed by atoms with Gasteiger partial charge in [0.1, 0.15) is 11.4 Å². The summed E-state index contributed by atoms with van der Waals surface area (Å²) >= 11 is 0. The van der Waals surface area contributed by atoms with Gasteiger partial charge < -0.3 is 9.47 Å². The standard InChI is InChI=1S/C16H22O3/c1-4-16(5-2,18-3)15(17)13-10-6-8-12-9-7-11-19-14(12)13/h6,8,10H,4-5,7,9,11H2,1-3H3. The summed E-state index contributed by atoms with van der Waals surface area (Å²) in [5.41, 5.74) is 1.08. The first kappa shape index (κ1) is 14.1. The summed E-state index contributed by atoms with van der Waals surface area (Å²) in [6.45, 7) is 4.66. The van der Waals surface area contributed by atoms with Gasteiger partial charge in [0.05, 0.1) is 12.2 Å². The first-order valence-electron chi connectivity index (χ1n) is 7.03. The van der Waals surface area contributed by atoms with E-state index in [1.807, 2.05) is 32.0 Å². The Morgan fingerprint density at radius 1 is 1.37 bits per heavy atom. The number of methoxy groups -OCH3 is 1. The predicted octanol–water partition coefficient (Wildman–Crippen LogP) is 3.40. The third-order valence-electron chi connectivity index (χ3n) is 4.12. The minimum Gasteiger partial charge on any atom is -0.493 e. The average Bonchev–Trinajstić information content (AvgIpc) is 2.49. The van der Waals surface area contributed by atoms with E-state index in [2.05, 4.69) is 0 Å². The second-order valence-electron chi connectivity index (χ2n) is 4.98. The van der Waals surface area contributed by atoms with Gasteiger partial charge in [0, 0.05) is 7.11 Å². The number of carbonyl (C=O) groups excluding carboxylic acids is 1. The zero-order valence-electron chi connectivity index (χ0n) is 12.0. The number of aryl methyl sites for hydroxylation is 1. The second-order valence-corrected chi connectivity index (χ2v) is 4.98. The van der Waals surface area contributed by atoms with E-state index in [-0.39, 0.29) is 5.78 Å². The summed E-state index contributed by atoms with van der Waals surface area (Å²) in [5.74, 6) is 0.806. The Bertz CT molecular complexity index is 453. The number of hydrogen-bond donors (Lipinski definition) is 0. The number of fused-ring (bicyclic) bond motifs is 1. The summed E-state index contributed by atoms with van der Waals surface area (Å²) in [6.07, 6.45) is 3.33. The maximum atomic E-state index is 12.8. The van der Waals surface area contributed by atoms with Crippen molar-refractivity contribution in [2.45, 2.75) is 45.1 Å². The van der Waals surface area contributed by atoms with Crippen molar-refractivity contribution in [2.75, 3.05) is 13.7 Å². The fraction of sp³-hybridized carbons (Fsp3) is 0.562. The number of carbonyl (C=O) groups is 1. The maximum absolute atomic E-state index is 12.8. The molecule has 2 rings (SSSR count). The molecule has 0 unspecified atom stereocenters. The SMILES string of the molecule is CCC(CC)(OC)C(=O)c1cccc2c1OCCC2. The molecule has 1 aromatic carbocycles. The highest BCUT2D eigenvalue weighted by molar-refractivity contribution is 6.05. The van der Waals surface area contributed by atoms with Gasteiger partial charge in [0.25, 0.3) is 0 Å². The minimum atomic E-state index is -0.726. The highest BCUT2D eigenvalue weighted by Gasteiger charge is 2.37. The van der Waals surface area contributed by atoms with E-state index >= 15 is 0 Å². The van der Waals surface area contributed by atoms with E-state index in [1.54, 1.807) is 7.11 Å². The molecule has 104 valence electrons. The molecule has 0 aliphatic carbocycles. The zero-order valence-corrected chi connectivity index (χ0v) is 12.0. The van der Waals surface area contributed by atoms with Gasteiger partial charge in [-0.3, -0.25) is 4.79 Å². The van der Waals surface area contributed by atoms with Crippen molar-refractivity contribution < 1.29 is 14.3 Å². The quantitative estimate of drug-likeness (QED) is 0.763. The van der Waals surface area contributed by atoms with Crippen LogP contribution in [-0.2, 0) is 11.2 Å². The third kappa shape index (κ3) is 2.39. The van der Waals surface area contributed by atoms with Gasteiger partial charge in [-0.25, -0.2) is 0 Å². The molecule has 1 heterocycles. The van der Waals surface area contributed by atoms with Gasteiger partial charge in [-0.05, 0) is 37.3 Å². The number of Topliss-reactive ketones (excluding diaryl/α,β-unsaturated/α-hetero) is 1. The summed E-state index contributed by atoms with van der Waals surface area (Å²) in [5, 5.41) is 0. The molecule has 1 aliphatic rings. The molecule has 0 N–H and O–H groups in total. The van der Waals surface area contributed by atoms with E-state index in [1.165, 1.54) is 0 Å². The number of hydrogen-bond acceptors (Lipinski definition) is 3. The number of benzene rings is 1. The van der Waals surface area contributed by atoms with Crippen molar-refractivity contribution in [2.24, 2.45) is 0 Å². The summed E-state index contributed by atoms with van der Waals surface area (Å²) in [6, 6.07) is 5.83. The highest BCUT2D eigenvalue weighted by atomic mass is 16.5. The van der Waals surface area contributed by atoms with E-state index in [4.69, 9.17) is 9.47 Å². The highest BCUT2D eigenvalue weighted by Crippen LogP contribution is 2.34. The molecule has 19 heavy (non-hydrogen) atoms. The zero-order chi connectivity index (χ0) is 13.9. The lowest BCUT2D eigenvalue weighted by Gasteiger charge is -2.30. The Kier molecular flexibility index (Phi) is 4.25. The van der Waals surface area contributed by atoms with E-state index < -0.39 is 5.60 Å². The Morgan fingerprint density at radius 3 is 2.74 bits per heavy atom. The number of para-hydroxylation sites is 1. The smallest absolute Gasteiger partial charge is 0.198 e. The lowest BCUT2D eigenvalue weighted by atomic mass is 9.86. The second kappa shape index (κ2) is 5.74. The van der Waals surface area contributed by atoms with Crippen LogP contribution in [0.5, 0.6) is 5.75 Å². The Balaban J connectivity index is 2.44. The van der Waals surface area contributed by atoms with Crippen LogP contribution in [-0.4, -0.2) is 25.1 Å². The van der Waals surface area contributed by atoms with Crippen molar-refractivity contribution in [3.63, 3.8) is 0 Å². The molecule has 1 aliphatic heterocycles. The Labute approximate surface area is 114 Å². The molecule has 0 spiro atoms. The van der Waals surface area contributed by atoms with Crippen LogP contribution in [0.25, 0.3) is 0 Å². The molecule has 0 atom stereocenters. The van der Waals surface area contributed by atoms with Crippen LogP contribution in [0.15, 0.2) is 18.2 Å². The Hall–Kier alpha value is -1.35. The maximum Gasteiger partial charge on any atom is 0.198 e. The van der Waals surface area contributed by atoms with Crippen LogP contribution in [0.3, 0.4) is 0 Å². The molecule has 0 amide bonds. The van der Waals surface area contributed by atoms with Crippen LogP contribution >= 0.6 is 0 Å². The fourth-order valence-corrected chi connectivity index (χ4v) is 2.77. The first-order chi connectivity index (χ1) is 9.18. The number of rotatable bonds is 5. The lowest BCUT2D eigenvalue weighted by Crippen LogP contribution is -2.40.